The third-order valence-corrected chi connectivity index (χ3v) is 3.58. The predicted octanol–water partition coefficient (Wildman–Crippen LogP) is 0.239. The van der Waals surface area contributed by atoms with Gasteiger partial charge in [-0.15, -0.1) is 0 Å². The quantitative estimate of drug-likeness (QED) is 0.671. The molecule has 6 nitrogen and oxygen atoms in total. The molecule has 0 saturated heterocycles. The van der Waals surface area contributed by atoms with Crippen molar-refractivity contribution in [2.24, 2.45) is 0 Å². The minimum Gasteiger partial charge on any atom is -0.389 e. The van der Waals surface area contributed by atoms with Gasteiger partial charge in [0.1, 0.15) is 4.90 Å². The van der Waals surface area contributed by atoms with Gasteiger partial charge in [0, 0.05) is 12.7 Å². The second-order valence-electron chi connectivity index (χ2n) is 4.01. The number of hydrogen-bond donors (Lipinski definition) is 3. The second-order valence-corrected chi connectivity index (χ2v) is 5.77. The van der Waals surface area contributed by atoms with Crippen LogP contribution in [-0.2, 0) is 10.0 Å². The van der Waals surface area contributed by atoms with Crippen molar-refractivity contribution in [3.63, 3.8) is 0 Å². The maximum absolute atomic E-state index is 11.7. The molecule has 1 aromatic rings. The molecule has 0 aromatic carbocycles. The number of H-pyrrole nitrogens is 1. The van der Waals surface area contributed by atoms with Crippen molar-refractivity contribution in [2.75, 3.05) is 6.54 Å². The highest BCUT2D eigenvalue weighted by molar-refractivity contribution is 7.89. The van der Waals surface area contributed by atoms with E-state index >= 15 is 0 Å². The van der Waals surface area contributed by atoms with Gasteiger partial charge in [-0.25, -0.2) is 13.1 Å². The average Bonchev–Trinajstić information content (AvgIpc) is 2.68. The van der Waals surface area contributed by atoms with Crippen LogP contribution in [0.2, 0.25) is 0 Å². The Morgan fingerprint density at radius 3 is 2.81 bits per heavy atom. The first-order chi connectivity index (χ1) is 7.37. The lowest BCUT2D eigenvalue weighted by atomic mass is 10.0. The number of nitrogens with one attached hydrogen (secondary N) is 2. The van der Waals surface area contributed by atoms with Crippen molar-refractivity contribution >= 4 is 10.0 Å². The molecule has 0 spiro atoms. The fourth-order valence-corrected chi connectivity index (χ4v) is 2.41. The first-order valence-corrected chi connectivity index (χ1v) is 6.56. The van der Waals surface area contributed by atoms with E-state index in [9.17, 15) is 13.5 Å². The molecule has 3 N–H and O–H groups in total. The highest BCUT2D eigenvalue weighted by Gasteiger charge is 2.23. The van der Waals surface area contributed by atoms with Crippen molar-refractivity contribution in [2.45, 2.75) is 37.2 Å². The van der Waals surface area contributed by atoms with Gasteiger partial charge < -0.3 is 5.11 Å². The number of aliphatic hydroxyl groups is 1. The van der Waals surface area contributed by atoms with Crippen LogP contribution in [0.3, 0.4) is 0 Å². The molecule has 7 heteroatoms. The number of aromatic amines is 1. The fraction of sp³-hybridized carbons (Fsp3) is 0.667. The number of aromatic nitrogens is 2. The van der Waals surface area contributed by atoms with Crippen molar-refractivity contribution < 1.29 is 13.5 Å². The third kappa shape index (κ3) is 3.58. The van der Waals surface area contributed by atoms with Gasteiger partial charge in [-0.1, -0.05) is 13.3 Å². The predicted molar refractivity (Wildman–Crippen MR) is 59.3 cm³/mol. The standard InChI is InChI=1S/C9H17N3O3S/c1-3-4-9(2,13)7-12-16(14,15)8-5-10-11-6-8/h5-6,12-13H,3-4,7H2,1-2H3,(H,10,11). The Morgan fingerprint density at radius 2 is 2.31 bits per heavy atom. The normalized spacial score (nSPS) is 15.9. The maximum Gasteiger partial charge on any atom is 0.243 e. The third-order valence-electron chi connectivity index (χ3n) is 2.22. The van der Waals surface area contributed by atoms with Crippen LogP contribution in [0.4, 0.5) is 0 Å². The molecule has 1 rings (SSSR count). The van der Waals surface area contributed by atoms with E-state index in [0.717, 1.165) is 6.42 Å². The lowest BCUT2D eigenvalue weighted by Gasteiger charge is -2.22. The van der Waals surface area contributed by atoms with Crippen LogP contribution in [0, 0.1) is 0 Å². The topological polar surface area (TPSA) is 95.1 Å². The van der Waals surface area contributed by atoms with E-state index in [0.29, 0.717) is 6.42 Å². The molecule has 0 aliphatic heterocycles. The molecule has 0 fully saturated rings. The minimum atomic E-state index is -3.57. The van der Waals surface area contributed by atoms with Crippen molar-refractivity contribution in [3.05, 3.63) is 12.4 Å². The van der Waals surface area contributed by atoms with Crippen LogP contribution in [-0.4, -0.2) is 35.9 Å². The van der Waals surface area contributed by atoms with E-state index in [1.165, 1.54) is 12.4 Å². The molecule has 92 valence electrons. The van der Waals surface area contributed by atoms with E-state index < -0.39 is 15.6 Å². The van der Waals surface area contributed by atoms with Crippen LogP contribution in [0.15, 0.2) is 17.3 Å². The van der Waals surface area contributed by atoms with Gasteiger partial charge in [-0.3, -0.25) is 5.10 Å². The summed E-state index contributed by atoms with van der Waals surface area (Å²) in [6, 6.07) is 0. The maximum atomic E-state index is 11.7. The summed E-state index contributed by atoms with van der Waals surface area (Å²) in [6.45, 7) is 3.53. The highest BCUT2D eigenvalue weighted by atomic mass is 32.2. The molecule has 0 radical (unpaired) electrons. The Balaban J connectivity index is 2.62. The Kier molecular flexibility index (Phi) is 4.06. The highest BCUT2D eigenvalue weighted by Crippen LogP contribution is 2.12. The SMILES string of the molecule is CCCC(C)(O)CNS(=O)(=O)c1cn[nH]c1. The van der Waals surface area contributed by atoms with Crippen molar-refractivity contribution in [1.29, 1.82) is 0 Å². The molecule has 0 amide bonds. The zero-order valence-electron chi connectivity index (χ0n) is 9.40. The number of sulfonamides is 1. The lowest BCUT2D eigenvalue weighted by molar-refractivity contribution is 0.0554. The Hall–Kier alpha value is -0.920. The zero-order chi connectivity index (χ0) is 12.2. The van der Waals surface area contributed by atoms with E-state index in [1.54, 1.807) is 6.92 Å². The summed E-state index contributed by atoms with van der Waals surface area (Å²) in [5.41, 5.74) is -1.02. The summed E-state index contributed by atoms with van der Waals surface area (Å²) in [5, 5.41) is 15.8. The summed E-state index contributed by atoms with van der Waals surface area (Å²) in [7, 11) is -3.57. The average molecular weight is 247 g/mol. The van der Waals surface area contributed by atoms with E-state index in [2.05, 4.69) is 14.9 Å². The lowest BCUT2D eigenvalue weighted by Crippen LogP contribution is -2.40. The molecule has 1 unspecified atom stereocenters. The largest absolute Gasteiger partial charge is 0.389 e. The van der Waals surface area contributed by atoms with Crippen LogP contribution >= 0.6 is 0 Å². The number of hydrogen-bond acceptors (Lipinski definition) is 4. The Bertz CT molecular complexity index is 411. The van der Waals surface area contributed by atoms with Crippen LogP contribution < -0.4 is 4.72 Å². The van der Waals surface area contributed by atoms with Gasteiger partial charge in [0.2, 0.25) is 10.0 Å². The van der Waals surface area contributed by atoms with Crippen LogP contribution in [0.1, 0.15) is 26.7 Å². The summed E-state index contributed by atoms with van der Waals surface area (Å²) >= 11 is 0. The van der Waals surface area contributed by atoms with Gasteiger partial charge in [0.05, 0.1) is 11.8 Å². The van der Waals surface area contributed by atoms with Gasteiger partial charge in [-0.2, -0.15) is 5.10 Å². The molecule has 0 aliphatic rings. The molecule has 1 atom stereocenters. The molecule has 0 aliphatic carbocycles. The van der Waals surface area contributed by atoms with Crippen molar-refractivity contribution in [1.82, 2.24) is 14.9 Å². The molecule has 1 heterocycles. The van der Waals surface area contributed by atoms with Crippen LogP contribution in [0.25, 0.3) is 0 Å². The first-order valence-electron chi connectivity index (χ1n) is 5.08. The minimum absolute atomic E-state index is 0.00560. The number of rotatable bonds is 6. The molecule has 0 saturated carbocycles. The summed E-state index contributed by atoms with van der Waals surface area (Å²) in [5.74, 6) is 0. The Labute approximate surface area is 95.1 Å². The first kappa shape index (κ1) is 13.1. The van der Waals surface area contributed by atoms with E-state index in [4.69, 9.17) is 0 Å². The van der Waals surface area contributed by atoms with Gasteiger partial charge in [-0.05, 0) is 13.3 Å². The van der Waals surface area contributed by atoms with Gasteiger partial charge >= 0.3 is 0 Å². The number of nitrogens with zero attached hydrogens (tertiary/aromatic N) is 1. The van der Waals surface area contributed by atoms with E-state index in [-0.39, 0.29) is 11.4 Å². The zero-order valence-corrected chi connectivity index (χ0v) is 10.2. The van der Waals surface area contributed by atoms with Crippen LogP contribution in [0.5, 0.6) is 0 Å². The monoisotopic (exact) mass is 247 g/mol. The smallest absolute Gasteiger partial charge is 0.243 e. The van der Waals surface area contributed by atoms with Gasteiger partial charge in [0.15, 0.2) is 0 Å². The second kappa shape index (κ2) is 4.94. The van der Waals surface area contributed by atoms with Gasteiger partial charge in [0.25, 0.3) is 0 Å². The fourth-order valence-electron chi connectivity index (χ4n) is 1.35. The summed E-state index contributed by atoms with van der Waals surface area (Å²) in [4.78, 5) is 0.0693. The molecule has 16 heavy (non-hydrogen) atoms. The molecule has 1 aromatic heterocycles. The van der Waals surface area contributed by atoms with Crippen molar-refractivity contribution in [3.8, 4) is 0 Å². The summed E-state index contributed by atoms with van der Waals surface area (Å²) in [6.07, 6.45) is 3.84. The molecular formula is C9H17N3O3S. The molecular weight excluding hydrogens is 230 g/mol. The Morgan fingerprint density at radius 1 is 1.62 bits per heavy atom. The summed E-state index contributed by atoms with van der Waals surface area (Å²) < 4.78 is 25.7. The molecule has 0 bridgehead atoms. The van der Waals surface area contributed by atoms with E-state index in [1.807, 2.05) is 6.92 Å².